The number of amides is 1. The zero-order valence-electron chi connectivity index (χ0n) is 10.6. The summed E-state index contributed by atoms with van der Waals surface area (Å²) in [6.45, 7) is 0. The van der Waals surface area contributed by atoms with Gasteiger partial charge in [0.2, 0.25) is 0 Å². The number of hydrogen-bond donors (Lipinski definition) is 2. The second-order valence-corrected chi connectivity index (χ2v) is 4.95. The average Bonchev–Trinajstić information content (AvgIpc) is 2.41. The quantitative estimate of drug-likeness (QED) is 0.842. The summed E-state index contributed by atoms with van der Waals surface area (Å²) in [5, 5.41) is 2.58. The monoisotopic (exact) mass is 338 g/mol. The summed E-state index contributed by atoms with van der Waals surface area (Å²) < 4.78 is 19.4. The van der Waals surface area contributed by atoms with Crippen LogP contribution in [0.1, 0.15) is 10.4 Å². The number of benzene rings is 2. The van der Waals surface area contributed by atoms with Crippen molar-refractivity contribution in [2.75, 3.05) is 18.2 Å². The van der Waals surface area contributed by atoms with E-state index in [1.807, 2.05) is 0 Å². The van der Waals surface area contributed by atoms with Crippen molar-refractivity contribution in [3.05, 3.63) is 52.3 Å². The maximum atomic E-state index is 13.6. The second kappa shape index (κ2) is 5.92. The number of halogens is 2. The molecule has 0 heterocycles. The largest absolute Gasteiger partial charge is 0.495 e. The Bertz CT molecular complexity index is 662. The van der Waals surface area contributed by atoms with Crippen LogP contribution in [0.4, 0.5) is 15.8 Å². The summed E-state index contributed by atoms with van der Waals surface area (Å²) in [6.07, 6.45) is 0. The minimum Gasteiger partial charge on any atom is -0.495 e. The number of carbonyl (C=O) groups excluding carboxylic acids is 1. The Morgan fingerprint density at radius 2 is 2.05 bits per heavy atom. The lowest BCUT2D eigenvalue weighted by Gasteiger charge is -2.11. The van der Waals surface area contributed by atoms with Gasteiger partial charge in [0.15, 0.2) is 0 Å². The molecular formula is C14H12BrFN2O2. The predicted octanol–water partition coefficient (Wildman–Crippen LogP) is 3.43. The first-order chi connectivity index (χ1) is 9.51. The molecule has 0 aliphatic rings. The van der Waals surface area contributed by atoms with Gasteiger partial charge in [-0.05, 0) is 36.4 Å². The third-order valence-corrected chi connectivity index (χ3v) is 3.14. The van der Waals surface area contributed by atoms with Crippen LogP contribution in [-0.4, -0.2) is 13.0 Å². The van der Waals surface area contributed by atoms with Crippen LogP contribution in [0.2, 0.25) is 0 Å². The number of anilines is 2. The molecule has 20 heavy (non-hydrogen) atoms. The van der Waals surface area contributed by atoms with Gasteiger partial charge >= 0.3 is 0 Å². The molecule has 0 saturated heterocycles. The first kappa shape index (κ1) is 14.3. The fourth-order valence-electron chi connectivity index (χ4n) is 1.68. The van der Waals surface area contributed by atoms with E-state index in [2.05, 4.69) is 21.2 Å². The van der Waals surface area contributed by atoms with E-state index in [1.165, 1.54) is 25.3 Å². The van der Waals surface area contributed by atoms with E-state index in [4.69, 9.17) is 10.5 Å². The number of nitrogens with two attached hydrogens (primary N) is 1. The minimum absolute atomic E-state index is 0.0659. The highest BCUT2D eigenvalue weighted by Crippen LogP contribution is 2.27. The Balaban J connectivity index is 2.32. The number of nitrogen functional groups attached to an aromatic ring is 1. The van der Waals surface area contributed by atoms with Gasteiger partial charge in [-0.1, -0.05) is 15.9 Å². The SMILES string of the molecule is COc1ccc(N)cc1NC(=O)c1cc(Br)ccc1F. The molecule has 3 N–H and O–H groups in total. The van der Waals surface area contributed by atoms with Gasteiger partial charge in [-0.15, -0.1) is 0 Å². The molecule has 4 nitrogen and oxygen atoms in total. The van der Waals surface area contributed by atoms with Crippen molar-refractivity contribution >= 4 is 33.2 Å². The average molecular weight is 339 g/mol. The van der Waals surface area contributed by atoms with Crippen LogP contribution in [0.3, 0.4) is 0 Å². The third kappa shape index (κ3) is 3.08. The molecule has 0 radical (unpaired) electrons. The van der Waals surface area contributed by atoms with E-state index in [-0.39, 0.29) is 5.56 Å². The smallest absolute Gasteiger partial charge is 0.258 e. The molecule has 0 spiro atoms. The first-order valence-electron chi connectivity index (χ1n) is 5.71. The Morgan fingerprint density at radius 1 is 1.30 bits per heavy atom. The molecule has 6 heteroatoms. The summed E-state index contributed by atoms with van der Waals surface area (Å²) in [7, 11) is 1.47. The van der Waals surface area contributed by atoms with Gasteiger partial charge in [-0.3, -0.25) is 4.79 Å². The van der Waals surface area contributed by atoms with E-state index in [0.717, 1.165) is 0 Å². The van der Waals surface area contributed by atoms with Crippen LogP contribution in [0, 0.1) is 5.82 Å². The summed E-state index contributed by atoms with van der Waals surface area (Å²) in [6, 6.07) is 8.97. The summed E-state index contributed by atoms with van der Waals surface area (Å²) in [4.78, 5) is 12.1. The summed E-state index contributed by atoms with van der Waals surface area (Å²) >= 11 is 3.20. The molecular weight excluding hydrogens is 327 g/mol. The number of methoxy groups -OCH3 is 1. The highest BCUT2D eigenvalue weighted by atomic mass is 79.9. The van der Waals surface area contributed by atoms with Gasteiger partial charge in [0, 0.05) is 10.2 Å². The van der Waals surface area contributed by atoms with Crippen LogP contribution in [0.15, 0.2) is 40.9 Å². The first-order valence-corrected chi connectivity index (χ1v) is 6.50. The topological polar surface area (TPSA) is 64.3 Å². The molecule has 0 aliphatic carbocycles. The standard InChI is InChI=1S/C14H12BrFN2O2/c1-20-13-5-3-9(17)7-12(13)18-14(19)10-6-8(15)2-4-11(10)16/h2-7H,17H2,1H3,(H,18,19). The fourth-order valence-corrected chi connectivity index (χ4v) is 2.05. The lowest BCUT2D eigenvalue weighted by Crippen LogP contribution is -2.14. The zero-order valence-corrected chi connectivity index (χ0v) is 12.2. The van der Waals surface area contributed by atoms with Crippen molar-refractivity contribution < 1.29 is 13.9 Å². The van der Waals surface area contributed by atoms with Crippen molar-refractivity contribution in [2.24, 2.45) is 0 Å². The highest BCUT2D eigenvalue weighted by Gasteiger charge is 2.14. The summed E-state index contributed by atoms with van der Waals surface area (Å²) in [5.41, 5.74) is 6.45. The van der Waals surface area contributed by atoms with Crippen molar-refractivity contribution in [3.63, 3.8) is 0 Å². The number of hydrogen-bond acceptors (Lipinski definition) is 3. The molecule has 0 unspecified atom stereocenters. The van der Waals surface area contributed by atoms with Gasteiger partial charge in [0.05, 0.1) is 18.4 Å². The Hall–Kier alpha value is -2.08. The molecule has 0 saturated carbocycles. The Morgan fingerprint density at radius 3 is 2.75 bits per heavy atom. The molecule has 2 aromatic rings. The molecule has 0 aromatic heterocycles. The van der Waals surface area contributed by atoms with Gasteiger partial charge in [0.1, 0.15) is 11.6 Å². The Kier molecular flexibility index (Phi) is 4.24. The van der Waals surface area contributed by atoms with Crippen LogP contribution in [-0.2, 0) is 0 Å². The van der Waals surface area contributed by atoms with Gasteiger partial charge in [0.25, 0.3) is 5.91 Å². The van der Waals surface area contributed by atoms with E-state index >= 15 is 0 Å². The lowest BCUT2D eigenvalue weighted by atomic mass is 10.2. The predicted molar refractivity (Wildman–Crippen MR) is 79.5 cm³/mol. The van der Waals surface area contributed by atoms with Crippen LogP contribution < -0.4 is 15.8 Å². The second-order valence-electron chi connectivity index (χ2n) is 4.04. The number of ether oxygens (including phenoxy) is 1. The molecule has 0 bridgehead atoms. The van der Waals surface area contributed by atoms with Gasteiger partial charge in [-0.25, -0.2) is 4.39 Å². The third-order valence-electron chi connectivity index (χ3n) is 2.64. The number of rotatable bonds is 3. The molecule has 104 valence electrons. The molecule has 0 aliphatic heterocycles. The molecule has 2 rings (SSSR count). The van der Waals surface area contributed by atoms with Crippen LogP contribution in [0.25, 0.3) is 0 Å². The number of nitrogens with one attached hydrogen (secondary N) is 1. The molecule has 0 atom stereocenters. The van der Waals surface area contributed by atoms with E-state index in [9.17, 15) is 9.18 Å². The van der Waals surface area contributed by atoms with E-state index in [1.54, 1.807) is 18.2 Å². The van der Waals surface area contributed by atoms with E-state index < -0.39 is 11.7 Å². The van der Waals surface area contributed by atoms with Gasteiger partial charge < -0.3 is 15.8 Å². The summed E-state index contributed by atoms with van der Waals surface area (Å²) in [5.74, 6) is -0.732. The molecule has 2 aromatic carbocycles. The van der Waals surface area contributed by atoms with Crippen LogP contribution >= 0.6 is 15.9 Å². The maximum Gasteiger partial charge on any atom is 0.258 e. The normalized spacial score (nSPS) is 10.2. The maximum absolute atomic E-state index is 13.6. The van der Waals surface area contributed by atoms with Gasteiger partial charge in [-0.2, -0.15) is 0 Å². The lowest BCUT2D eigenvalue weighted by molar-refractivity contribution is 0.102. The zero-order chi connectivity index (χ0) is 14.7. The minimum atomic E-state index is -0.603. The van der Waals surface area contributed by atoms with Crippen LogP contribution in [0.5, 0.6) is 5.75 Å². The Labute approximate surface area is 123 Å². The highest BCUT2D eigenvalue weighted by molar-refractivity contribution is 9.10. The fraction of sp³-hybridized carbons (Fsp3) is 0.0714. The molecule has 1 amide bonds. The van der Waals surface area contributed by atoms with Crippen molar-refractivity contribution in [3.8, 4) is 5.75 Å². The molecule has 0 fully saturated rings. The number of carbonyl (C=O) groups is 1. The van der Waals surface area contributed by atoms with Crippen molar-refractivity contribution in [1.29, 1.82) is 0 Å². The van der Waals surface area contributed by atoms with Crippen molar-refractivity contribution in [2.45, 2.75) is 0 Å². The van der Waals surface area contributed by atoms with Crippen molar-refractivity contribution in [1.82, 2.24) is 0 Å². The van der Waals surface area contributed by atoms with E-state index in [0.29, 0.717) is 21.6 Å².